The number of halogens is 1. The zero-order valence-electron chi connectivity index (χ0n) is 13.5. The van der Waals surface area contributed by atoms with E-state index < -0.39 is 10.0 Å². The molecule has 0 bridgehead atoms. The number of carbonyl (C=O) groups is 1. The summed E-state index contributed by atoms with van der Waals surface area (Å²) in [4.78, 5) is 13.8. The maximum Gasteiger partial charge on any atom is 0.243 e. The molecule has 6 nitrogen and oxygen atoms in total. The van der Waals surface area contributed by atoms with Crippen molar-refractivity contribution < 1.29 is 13.2 Å². The Bertz CT molecular complexity index is 656. The Morgan fingerprint density at radius 2 is 1.74 bits per heavy atom. The van der Waals surface area contributed by atoms with E-state index in [0.29, 0.717) is 44.0 Å². The van der Waals surface area contributed by atoms with Crippen molar-refractivity contribution >= 4 is 28.3 Å². The second kappa shape index (κ2) is 8.10. The number of nitrogens with two attached hydrogens (primary N) is 1. The monoisotopic (exact) mass is 361 g/mol. The van der Waals surface area contributed by atoms with Crippen LogP contribution in [-0.4, -0.2) is 56.3 Å². The number of hydrogen-bond donors (Lipinski definition) is 1. The molecular weight excluding hydrogens is 338 g/mol. The van der Waals surface area contributed by atoms with E-state index in [9.17, 15) is 13.2 Å². The van der Waals surface area contributed by atoms with Crippen LogP contribution in [0.3, 0.4) is 0 Å². The minimum absolute atomic E-state index is 0. The third-order valence-electron chi connectivity index (χ3n) is 4.07. The van der Waals surface area contributed by atoms with Gasteiger partial charge in [-0.2, -0.15) is 4.31 Å². The summed E-state index contributed by atoms with van der Waals surface area (Å²) < 4.78 is 26.8. The lowest BCUT2D eigenvalue weighted by Crippen LogP contribution is -2.50. The lowest BCUT2D eigenvalue weighted by Gasteiger charge is -2.34. The third-order valence-corrected chi connectivity index (χ3v) is 5.96. The van der Waals surface area contributed by atoms with Gasteiger partial charge in [-0.25, -0.2) is 8.42 Å². The summed E-state index contributed by atoms with van der Waals surface area (Å²) in [6.07, 6.45) is 0.309. The van der Waals surface area contributed by atoms with Crippen LogP contribution in [0.2, 0.25) is 0 Å². The number of piperazine rings is 1. The lowest BCUT2D eigenvalue weighted by atomic mass is 10.1. The van der Waals surface area contributed by atoms with E-state index in [0.717, 1.165) is 11.1 Å². The fourth-order valence-electron chi connectivity index (χ4n) is 2.48. The largest absolute Gasteiger partial charge is 0.340 e. The second-order valence-corrected chi connectivity index (χ2v) is 7.51. The number of rotatable bonds is 4. The SMILES string of the molecule is Cc1ccc(S(=O)(=O)N2CCN(C(=O)CCN)CC2)cc1C.Cl. The lowest BCUT2D eigenvalue weighted by molar-refractivity contribution is -0.132. The van der Waals surface area contributed by atoms with E-state index >= 15 is 0 Å². The molecule has 0 atom stereocenters. The van der Waals surface area contributed by atoms with Gasteiger partial charge in [0, 0.05) is 39.1 Å². The van der Waals surface area contributed by atoms with Crippen molar-refractivity contribution in [3.63, 3.8) is 0 Å². The molecule has 1 amide bonds. The van der Waals surface area contributed by atoms with Crippen LogP contribution < -0.4 is 5.73 Å². The molecule has 0 saturated carbocycles. The van der Waals surface area contributed by atoms with Crippen LogP contribution in [0.5, 0.6) is 0 Å². The van der Waals surface area contributed by atoms with E-state index in [-0.39, 0.29) is 18.3 Å². The fourth-order valence-corrected chi connectivity index (χ4v) is 3.99. The van der Waals surface area contributed by atoms with Crippen LogP contribution in [0.25, 0.3) is 0 Å². The van der Waals surface area contributed by atoms with Crippen molar-refractivity contribution in [2.45, 2.75) is 25.2 Å². The van der Waals surface area contributed by atoms with Crippen LogP contribution in [0.15, 0.2) is 23.1 Å². The molecule has 0 unspecified atom stereocenters. The molecule has 23 heavy (non-hydrogen) atoms. The number of amides is 1. The highest BCUT2D eigenvalue weighted by atomic mass is 35.5. The van der Waals surface area contributed by atoms with Crippen molar-refractivity contribution in [3.05, 3.63) is 29.3 Å². The van der Waals surface area contributed by atoms with Crippen molar-refractivity contribution in [1.82, 2.24) is 9.21 Å². The third kappa shape index (κ3) is 4.44. The summed E-state index contributed by atoms with van der Waals surface area (Å²) in [5, 5.41) is 0. The average molecular weight is 362 g/mol. The van der Waals surface area contributed by atoms with E-state index in [1.54, 1.807) is 17.0 Å². The summed E-state index contributed by atoms with van der Waals surface area (Å²) in [5.41, 5.74) is 7.40. The Hall–Kier alpha value is -1.15. The number of sulfonamides is 1. The van der Waals surface area contributed by atoms with E-state index in [2.05, 4.69) is 0 Å². The first kappa shape index (κ1) is 19.9. The van der Waals surface area contributed by atoms with Crippen molar-refractivity contribution in [1.29, 1.82) is 0 Å². The molecule has 1 aromatic carbocycles. The molecule has 1 fully saturated rings. The molecule has 0 spiro atoms. The number of benzene rings is 1. The van der Waals surface area contributed by atoms with Gasteiger partial charge >= 0.3 is 0 Å². The first-order chi connectivity index (χ1) is 10.4. The normalized spacial score (nSPS) is 16.0. The van der Waals surface area contributed by atoms with Crippen LogP contribution in [-0.2, 0) is 14.8 Å². The smallest absolute Gasteiger partial charge is 0.243 e. The molecule has 8 heteroatoms. The molecule has 130 valence electrons. The molecule has 1 saturated heterocycles. The van der Waals surface area contributed by atoms with Crippen LogP contribution in [0, 0.1) is 13.8 Å². The summed E-state index contributed by atoms with van der Waals surface area (Å²) in [6.45, 7) is 5.66. The first-order valence-electron chi connectivity index (χ1n) is 7.41. The minimum Gasteiger partial charge on any atom is -0.340 e. The molecule has 2 rings (SSSR count). The quantitative estimate of drug-likeness (QED) is 0.863. The zero-order valence-corrected chi connectivity index (χ0v) is 15.1. The van der Waals surface area contributed by atoms with Gasteiger partial charge in [0.05, 0.1) is 4.90 Å². The Labute approximate surface area is 144 Å². The molecule has 0 aliphatic carbocycles. The predicted molar refractivity (Wildman–Crippen MR) is 92.2 cm³/mol. The van der Waals surface area contributed by atoms with Crippen LogP contribution in [0.1, 0.15) is 17.5 Å². The fraction of sp³-hybridized carbons (Fsp3) is 0.533. The molecule has 0 aromatic heterocycles. The van der Waals surface area contributed by atoms with E-state index in [1.807, 2.05) is 19.9 Å². The molecule has 1 aliphatic heterocycles. The number of aryl methyl sites for hydroxylation is 2. The van der Waals surface area contributed by atoms with E-state index in [4.69, 9.17) is 5.73 Å². The van der Waals surface area contributed by atoms with Gasteiger partial charge in [0.2, 0.25) is 15.9 Å². The van der Waals surface area contributed by atoms with Gasteiger partial charge in [-0.3, -0.25) is 4.79 Å². The highest BCUT2D eigenvalue weighted by Gasteiger charge is 2.29. The Kier molecular flexibility index (Phi) is 7.01. The van der Waals surface area contributed by atoms with Crippen molar-refractivity contribution in [3.8, 4) is 0 Å². The van der Waals surface area contributed by atoms with Crippen molar-refractivity contribution in [2.24, 2.45) is 5.73 Å². The first-order valence-corrected chi connectivity index (χ1v) is 8.85. The van der Waals surface area contributed by atoms with Gasteiger partial charge in [-0.15, -0.1) is 12.4 Å². The highest BCUT2D eigenvalue weighted by Crippen LogP contribution is 2.20. The molecule has 1 heterocycles. The van der Waals surface area contributed by atoms with Gasteiger partial charge in [0.25, 0.3) is 0 Å². The summed E-state index contributed by atoms with van der Waals surface area (Å²) >= 11 is 0. The van der Waals surface area contributed by atoms with Gasteiger partial charge < -0.3 is 10.6 Å². The Balaban J connectivity index is 0.00000264. The predicted octanol–water partition coefficient (Wildman–Crippen LogP) is 0.907. The van der Waals surface area contributed by atoms with Crippen LogP contribution >= 0.6 is 12.4 Å². The zero-order chi connectivity index (χ0) is 16.3. The summed E-state index contributed by atoms with van der Waals surface area (Å²) in [6, 6.07) is 5.17. The summed E-state index contributed by atoms with van der Waals surface area (Å²) in [7, 11) is -3.49. The Morgan fingerprint density at radius 3 is 2.26 bits per heavy atom. The summed E-state index contributed by atoms with van der Waals surface area (Å²) in [5.74, 6) is -0.00858. The number of carbonyl (C=O) groups excluding carboxylic acids is 1. The minimum atomic E-state index is -3.49. The molecule has 1 aromatic rings. The molecule has 1 aliphatic rings. The maximum absolute atomic E-state index is 12.7. The standard InChI is InChI=1S/C15H23N3O3S.ClH/c1-12-3-4-14(11-13(12)2)22(20,21)18-9-7-17(8-10-18)15(19)5-6-16;/h3-4,11H,5-10,16H2,1-2H3;1H. The van der Waals surface area contributed by atoms with Gasteiger partial charge in [0.15, 0.2) is 0 Å². The second-order valence-electron chi connectivity index (χ2n) is 5.57. The molecular formula is C15H24ClN3O3S. The molecule has 0 radical (unpaired) electrons. The van der Waals surface area contributed by atoms with Gasteiger partial charge in [-0.05, 0) is 37.1 Å². The topological polar surface area (TPSA) is 83.7 Å². The van der Waals surface area contributed by atoms with Gasteiger partial charge in [-0.1, -0.05) is 6.07 Å². The van der Waals surface area contributed by atoms with E-state index in [1.165, 1.54) is 4.31 Å². The Morgan fingerprint density at radius 1 is 1.13 bits per heavy atom. The van der Waals surface area contributed by atoms with Gasteiger partial charge in [0.1, 0.15) is 0 Å². The highest BCUT2D eigenvalue weighted by molar-refractivity contribution is 7.89. The number of hydrogen-bond acceptors (Lipinski definition) is 4. The molecule has 2 N–H and O–H groups in total. The van der Waals surface area contributed by atoms with Crippen molar-refractivity contribution in [2.75, 3.05) is 32.7 Å². The number of nitrogens with zero attached hydrogens (tertiary/aromatic N) is 2. The maximum atomic E-state index is 12.7. The van der Waals surface area contributed by atoms with Crippen LogP contribution in [0.4, 0.5) is 0 Å². The average Bonchev–Trinajstić information content (AvgIpc) is 2.50.